The van der Waals surface area contributed by atoms with Crippen LogP contribution in [0.15, 0.2) is 51.0 Å². The first kappa shape index (κ1) is 37.0. The Labute approximate surface area is 262 Å². The van der Waals surface area contributed by atoms with E-state index in [0.717, 1.165) is 17.8 Å². The first-order valence-corrected chi connectivity index (χ1v) is 19.0. The molecule has 6 unspecified atom stereocenters. The van der Waals surface area contributed by atoms with E-state index in [1.807, 2.05) is 4.98 Å². The minimum Gasteiger partial charge on any atom is -0.388 e. The van der Waals surface area contributed by atoms with E-state index >= 15 is 0 Å². The van der Waals surface area contributed by atoms with E-state index in [1.54, 1.807) is 19.1 Å². The maximum absolute atomic E-state index is 12.7. The third-order valence-corrected chi connectivity index (χ3v) is 12.8. The summed E-state index contributed by atoms with van der Waals surface area (Å²) >= 11 is 0. The van der Waals surface area contributed by atoms with Gasteiger partial charge in [0.05, 0.1) is 17.6 Å². The first-order chi connectivity index (χ1) is 21.3. The molecule has 0 amide bonds. The molecule has 24 heteroatoms. The van der Waals surface area contributed by atoms with Crippen molar-refractivity contribution in [3.05, 3.63) is 62.9 Å². The lowest BCUT2D eigenvalue weighted by Gasteiger charge is -2.40. The molecule has 3 heterocycles. The van der Waals surface area contributed by atoms with Gasteiger partial charge in [-0.2, -0.15) is 4.31 Å². The number of benzene rings is 1. The summed E-state index contributed by atoms with van der Waals surface area (Å²) in [5.74, 6) is -0.568. The SMILES string of the molecule is Cc1ccc(S(=O)(=O)SCC2O[C@H](OP(=O)(O)OP(=O)(O)OCC3OC(n4ccc(=O)[nH]c4=O)[C@H](O)[C@@H]3O)C(O)[C@@H](O)[C@H]2O)cc1. The maximum atomic E-state index is 12.7. The summed E-state index contributed by atoms with van der Waals surface area (Å²) < 4.78 is 74.8. The topological polar surface area (TPSA) is 311 Å². The number of H-pyrrole nitrogens is 1. The van der Waals surface area contributed by atoms with E-state index in [0.29, 0.717) is 4.57 Å². The summed E-state index contributed by atoms with van der Waals surface area (Å²) in [6.07, 6.45) is -16.0. The third-order valence-electron chi connectivity index (χ3n) is 6.67. The smallest absolute Gasteiger partial charge is 0.388 e. The molecule has 0 saturated carbocycles. The summed E-state index contributed by atoms with van der Waals surface area (Å²) in [5, 5.41) is 51.2. The van der Waals surface area contributed by atoms with E-state index in [4.69, 9.17) is 9.47 Å². The molecule has 0 aliphatic carbocycles. The predicted molar refractivity (Wildman–Crippen MR) is 153 cm³/mol. The molecule has 1 aromatic heterocycles. The Balaban J connectivity index is 1.36. The number of aryl methyl sites for hydroxylation is 1. The molecule has 0 bridgehead atoms. The summed E-state index contributed by atoms with van der Waals surface area (Å²) in [5.41, 5.74) is -0.989. The molecule has 2 aliphatic rings. The molecule has 2 saturated heterocycles. The van der Waals surface area contributed by atoms with Gasteiger partial charge >= 0.3 is 21.3 Å². The van der Waals surface area contributed by atoms with Crippen molar-refractivity contribution in [2.24, 2.45) is 0 Å². The largest absolute Gasteiger partial charge is 0.483 e. The van der Waals surface area contributed by atoms with E-state index < -0.39 is 103 Å². The second kappa shape index (κ2) is 14.3. The van der Waals surface area contributed by atoms with Gasteiger partial charge in [0.2, 0.25) is 8.87 Å². The molecule has 2 fully saturated rings. The number of phosphoric ester groups is 2. The van der Waals surface area contributed by atoms with Crippen molar-refractivity contribution >= 4 is 35.3 Å². The van der Waals surface area contributed by atoms with Crippen molar-refractivity contribution in [3.8, 4) is 0 Å². The normalized spacial score (nSPS) is 32.9. The number of hydrogen-bond acceptors (Lipinski definition) is 17. The molecule has 258 valence electrons. The van der Waals surface area contributed by atoms with Gasteiger partial charge in [0, 0.05) is 18.0 Å². The van der Waals surface area contributed by atoms with Crippen LogP contribution in [0, 0.1) is 6.92 Å². The van der Waals surface area contributed by atoms with Crippen LogP contribution in [0.1, 0.15) is 11.8 Å². The minimum absolute atomic E-state index is 0.0837. The van der Waals surface area contributed by atoms with Crippen LogP contribution in [0.3, 0.4) is 0 Å². The Morgan fingerprint density at radius 1 is 0.891 bits per heavy atom. The lowest BCUT2D eigenvalue weighted by Crippen LogP contribution is -2.58. The highest BCUT2D eigenvalue weighted by atomic mass is 33.1. The van der Waals surface area contributed by atoms with Gasteiger partial charge in [-0.3, -0.25) is 23.4 Å². The highest BCUT2D eigenvalue weighted by Gasteiger charge is 2.50. The summed E-state index contributed by atoms with van der Waals surface area (Å²) in [7, 11) is -15.0. The molecule has 8 N–H and O–H groups in total. The number of aliphatic hydroxyl groups is 5. The lowest BCUT2D eigenvalue weighted by molar-refractivity contribution is -0.270. The average molecular weight is 737 g/mol. The number of aromatic nitrogens is 2. The van der Waals surface area contributed by atoms with Crippen molar-refractivity contribution in [2.45, 2.75) is 67.1 Å². The Kier molecular flexibility index (Phi) is 11.5. The molecule has 1 aromatic carbocycles. The van der Waals surface area contributed by atoms with Crippen LogP contribution in [0.2, 0.25) is 0 Å². The van der Waals surface area contributed by atoms with Crippen molar-refractivity contribution in [2.75, 3.05) is 12.4 Å². The number of ether oxygens (including phenoxy) is 2. The van der Waals surface area contributed by atoms with Crippen molar-refractivity contribution in [1.29, 1.82) is 0 Å². The molecular formula is C22H30N2O18P2S2. The fourth-order valence-electron chi connectivity index (χ4n) is 4.27. The van der Waals surface area contributed by atoms with Crippen LogP contribution in [-0.2, 0) is 40.8 Å². The highest BCUT2D eigenvalue weighted by Crippen LogP contribution is 2.61. The molecule has 0 radical (unpaired) electrons. The fraction of sp³-hybridized carbons (Fsp3) is 0.545. The quantitative estimate of drug-likeness (QED) is 0.0835. The summed E-state index contributed by atoms with van der Waals surface area (Å²) in [6.45, 7) is 0.674. The second-order valence-corrected chi connectivity index (χ2v) is 17.0. The minimum atomic E-state index is -5.73. The Morgan fingerprint density at radius 2 is 1.52 bits per heavy atom. The van der Waals surface area contributed by atoms with Crippen LogP contribution in [0.25, 0.3) is 0 Å². The van der Waals surface area contributed by atoms with E-state index in [9.17, 15) is 62.5 Å². The zero-order chi connectivity index (χ0) is 34.2. The first-order valence-electron chi connectivity index (χ1n) is 13.0. The van der Waals surface area contributed by atoms with Crippen LogP contribution in [0.5, 0.6) is 0 Å². The van der Waals surface area contributed by atoms with Crippen LogP contribution >= 0.6 is 26.4 Å². The summed E-state index contributed by atoms with van der Waals surface area (Å²) in [6, 6.07) is 6.69. The molecule has 0 spiro atoms. The zero-order valence-corrected chi connectivity index (χ0v) is 26.8. The Morgan fingerprint density at radius 3 is 2.15 bits per heavy atom. The van der Waals surface area contributed by atoms with Crippen LogP contribution in [0.4, 0.5) is 0 Å². The van der Waals surface area contributed by atoms with Gasteiger partial charge in [0.25, 0.3) is 5.56 Å². The summed E-state index contributed by atoms with van der Waals surface area (Å²) in [4.78, 5) is 45.2. The standard InChI is InChI=1S/C22H30N2O18P2S2/c1-10-2-4-11(5-3-10)46(36,37)45-9-13-16(27)17(28)19(30)21(40-13)41-44(34,35)42-43(32,33)38-8-12-15(26)18(29)20(39-12)24-7-6-14(25)23-22(24)31/h2-7,12-13,15-21,26-30H,8-9H2,1H3,(H,32,33)(H,34,35)(H,23,25,31)/t12?,13?,15-,16+,17+,18-,19?,20?,21-/m1/s1. The van der Waals surface area contributed by atoms with Gasteiger partial charge in [-0.05, 0) is 29.9 Å². The zero-order valence-electron chi connectivity index (χ0n) is 23.4. The Bertz CT molecular complexity index is 1700. The monoisotopic (exact) mass is 736 g/mol. The van der Waals surface area contributed by atoms with Gasteiger partial charge < -0.3 is 44.8 Å². The number of aromatic amines is 1. The van der Waals surface area contributed by atoms with Gasteiger partial charge in [-0.1, -0.05) is 17.7 Å². The average Bonchev–Trinajstić information content (AvgIpc) is 3.24. The highest BCUT2D eigenvalue weighted by molar-refractivity contribution is 8.72. The lowest BCUT2D eigenvalue weighted by atomic mass is 10.0. The molecule has 4 rings (SSSR count). The van der Waals surface area contributed by atoms with Crippen molar-refractivity contribution in [1.82, 2.24) is 9.55 Å². The second-order valence-electron chi connectivity index (χ2n) is 10.1. The Hall–Kier alpha value is -1.82. The predicted octanol–water partition coefficient (Wildman–Crippen LogP) is -2.36. The van der Waals surface area contributed by atoms with Gasteiger partial charge in [-0.25, -0.2) is 22.3 Å². The number of nitrogens with zero attached hydrogens (tertiary/aromatic N) is 1. The number of hydrogen-bond donors (Lipinski definition) is 8. The van der Waals surface area contributed by atoms with E-state index in [2.05, 4.69) is 13.4 Å². The van der Waals surface area contributed by atoms with Crippen LogP contribution < -0.4 is 11.2 Å². The number of rotatable bonds is 12. The maximum Gasteiger partial charge on any atom is 0.483 e. The number of nitrogens with one attached hydrogen (secondary N) is 1. The molecule has 2 aliphatic heterocycles. The van der Waals surface area contributed by atoms with Crippen molar-refractivity contribution in [3.63, 3.8) is 0 Å². The van der Waals surface area contributed by atoms with E-state index in [-0.39, 0.29) is 15.7 Å². The molecule has 20 nitrogen and oxygen atoms in total. The number of aliphatic hydroxyl groups excluding tert-OH is 5. The number of phosphoric acid groups is 2. The van der Waals surface area contributed by atoms with Gasteiger partial charge in [-0.15, -0.1) is 0 Å². The molecular weight excluding hydrogens is 706 g/mol. The van der Waals surface area contributed by atoms with Crippen molar-refractivity contribution < 1.29 is 75.7 Å². The van der Waals surface area contributed by atoms with Gasteiger partial charge in [0.15, 0.2) is 12.5 Å². The molecule has 46 heavy (non-hydrogen) atoms. The molecule has 2 aromatic rings. The molecule has 11 atom stereocenters. The fourth-order valence-corrected chi connectivity index (χ4v) is 9.30. The van der Waals surface area contributed by atoms with E-state index in [1.165, 1.54) is 12.1 Å². The van der Waals surface area contributed by atoms with Crippen LogP contribution in [-0.4, -0.2) is 115 Å². The van der Waals surface area contributed by atoms with Gasteiger partial charge in [0.1, 0.15) is 36.6 Å². The third kappa shape index (κ3) is 8.80.